The predicted molar refractivity (Wildman–Crippen MR) is 68.6 cm³/mol. The second-order valence-electron chi connectivity index (χ2n) is 4.50. The zero-order valence-electron chi connectivity index (χ0n) is 9.02. The number of amides is 1. The minimum atomic E-state index is 0.0438. The van der Waals surface area contributed by atoms with Crippen LogP contribution in [0.2, 0.25) is 5.02 Å². The lowest BCUT2D eigenvalue weighted by molar-refractivity contribution is -0.121. The van der Waals surface area contributed by atoms with Crippen LogP contribution in [0.25, 0.3) is 0 Å². The molecule has 2 nitrogen and oxygen atoms in total. The van der Waals surface area contributed by atoms with Gasteiger partial charge >= 0.3 is 0 Å². The smallest absolute Gasteiger partial charge is 0.224 e. The van der Waals surface area contributed by atoms with Gasteiger partial charge in [0.15, 0.2) is 0 Å². The van der Waals surface area contributed by atoms with E-state index in [1.165, 1.54) is 0 Å². The van der Waals surface area contributed by atoms with Crippen molar-refractivity contribution in [1.82, 2.24) is 5.32 Å². The highest BCUT2D eigenvalue weighted by Gasteiger charge is 2.38. The summed E-state index contributed by atoms with van der Waals surface area (Å²) in [5.41, 5.74) is 0.969. The van der Waals surface area contributed by atoms with Gasteiger partial charge in [-0.2, -0.15) is 0 Å². The Morgan fingerprint density at radius 2 is 2.25 bits per heavy atom. The highest BCUT2D eigenvalue weighted by molar-refractivity contribution is 9.10. The molecule has 1 saturated carbocycles. The van der Waals surface area contributed by atoms with Gasteiger partial charge in [0.1, 0.15) is 0 Å². The van der Waals surface area contributed by atoms with Gasteiger partial charge in [-0.05, 0) is 47.3 Å². The maximum Gasteiger partial charge on any atom is 0.224 e. The van der Waals surface area contributed by atoms with Crippen LogP contribution in [-0.2, 0) is 11.2 Å². The molecule has 1 N–H and O–H groups in total. The van der Waals surface area contributed by atoms with Crippen LogP contribution >= 0.6 is 27.5 Å². The van der Waals surface area contributed by atoms with Crippen LogP contribution in [0.1, 0.15) is 25.3 Å². The van der Waals surface area contributed by atoms with Crippen molar-refractivity contribution in [3.8, 4) is 0 Å². The third-order valence-electron chi connectivity index (χ3n) is 2.82. The zero-order chi connectivity index (χ0) is 11.8. The van der Waals surface area contributed by atoms with Crippen LogP contribution in [0.4, 0.5) is 0 Å². The molecule has 16 heavy (non-hydrogen) atoms. The van der Waals surface area contributed by atoms with Gasteiger partial charge in [-0.15, -0.1) is 0 Å². The number of nitrogens with one attached hydrogen (secondary N) is 1. The van der Waals surface area contributed by atoms with Crippen molar-refractivity contribution >= 4 is 33.4 Å². The van der Waals surface area contributed by atoms with Crippen LogP contribution in [0.5, 0.6) is 0 Å². The van der Waals surface area contributed by atoms with Gasteiger partial charge in [0.05, 0.1) is 11.4 Å². The number of hydrogen-bond donors (Lipinski definition) is 1. The molecule has 1 amide bonds. The lowest BCUT2D eigenvalue weighted by Crippen LogP contribution is -2.35. The summed E-state index contributed by atoms with van der Waals surface area (Å²) in [7, 11) is 0. The van der Waals surface area contributed by atoms with E-state index < -0.39 is 0 Å². The second-order valence-corrected chi connectivity index (χ2v) is 5.70. The fraction of sp³-hybridized carbons (Fsp3) is 0.417. The molecule has 86 valence electrons. The Morgan fingerprint density at radius 3 is 2.88 bits per heavy atom. The summed E-state index contributed by atoms with van der Waals surface area (Å²) in [4.78, 5) is 11.8. The summed E-state index contributed by atoms with van der Waals surface area (Å²) < 4.78 is 0.813. The summed E-state index contributed by atoms with van der Waals surface area (Å²) >= 11 is 9.36. The van der Waals surface area contributed by atoms with Gasteiger partial charge in [-0.1, -0.05) is 23.7 Å². The molecule has 1 aromatic carbocycles. The van der Waals surface area contributed by atoms with E-state index in [1.54, 1.807) is 6.07 Å². The standard InChI is InChI=1S/C12H13BrClNO/c1-12(5-6-12)15-10(16)7-8-3-2-4-9(14)11(8)13/h2-4H,5-7H2,1H3,(H,15,16). The molecule has 4 heteroatoms. The summed E-state index contributed by atoms with van der Waals surface area (Å²) in [6, 6.07) is 5.56. The monoisotopic (exact) mass is 301 g/mol. The van der Waals surface area contributed by atoms with Crippen LogP contribution < -0.4 is 5.32 Å². The van der Waals surface area contributed by atoms with E-state index in [1.807, 2.05) is 12.1 Å². The van der Waals surface area contributed by atoms with E-state index in [-0.39, 0.29) is 11.4 Å². The quantitative estimate of drug-likeness (QED) is 0.912. The minimum Gasteiger partial charge on any atom is -0.351 e. The third-order valence-corrected chi connectivity index (χ3v) is 4.30. The van der Waals surface area contributed by atoms with E-state index in [0.717, 1.165) is 22.9 Å². The topological polar surface area (TPSA) is 29.1 Å². The molecule has 0 bridgehead atoms. The van der Waals surface area contributed by atoms with Crippen molar-refractivity contribution in [2.45, 2.75) is 31.7 Å². The van der Waals surface area contributed by atoms with E-state index in [4.69, 9.17) is 11.6 Å². The molecule has 1 fully saturated rings. The summed E-state index contributed by atoms with van der Waals surface area (Å²) in [5, 5.41) is 3.66. The highest BCUT2D eigenvalue weighted by Crippen LogP contribution is 2.34. The molecule has 0 atom stereocenters. The first-order chi connectivity index (χ1) is 7.50. The first-order valence-corrected chi connectivity index (χ1v) is 6.41. The largest absolute Gasteiger partial charge is 0.351 e. The number of carbonyl (C=O) groups excluding carboxylic acids is 1. The molecule has 0 unspecified atom stereocenters. The fourth-order valence-corrected chi connectivity index (χ4v) is 2.15. The Hall–Kier alpha value is -0.540. The van der Waals surface area contributed by atoms with E-state index in [2.05, 4.69) is 28.2 Å². The van der Waals surface area contributed by atoms with Crippen molar-refractivity contribution < 1.29 is 4.79 Å². The van der Waals surface area contributed by atoms with Gasteiger partial charge in [-0.3, -0.25) is 4.79 Å². The molecule has 2 rings (SSSR count). The van der Waals surface area contributed by atoms with Crippen LogP contribution in [0.15, 0.2) is 22.7 Å². The summed E-state index contributed by atoms with van der Waals surface area (Å²) in [5.74, 6) is 0.0583. The van der Waals surface area contributed by atoms with Crippen molar-refractivity contribution in [3.05, 3.63) is 33.3 Å². The van der Waals surface area contributed by atoms with Gasteiger partial charge in [0, 0.05) is 10.0 Å². The lowest BCUT2D eigenvalue weighted by Gasteiger charge is -2.12. The molecule has 1 aliphatic rings. The molecule has 0 aromatic heterocycles. The minimum absolute atomic E-state index is 0.0438. The molecule has 0 aliphatic heterocycles. The normalized spacial score (nSPS) is 16.9. The molecule has 1 aliphatic carbocycles. The average Bonchev–Trinajstić information content (AvgIpc) is 2.91. The highest BCUT2D eigenvalue weighted by atomic mass is 79.9. The van der Waals surface area contributed by atoms with Crippen molar-refractivity contribution in [3.63, 3.8) is 0 Å². The molecular weight excluding hydrogens is 289 g/mol. The Bertz CT molecular complexity index is 429. The second kappa shape index (κ2) is 4.38. The van der Waals surface area contributed by atoms with Crippen LogP contribution in [0.3, 0.4) is 0 Å². The van der Waals surface area contributed by atoms with Crippen molar-refractivity contribution in [1.29, 1.82) is 0 Å². The molecular formula is C12H13BrClNO. The zero-order valence-corrected chi connectivity index (χ0v) is 11.4. The molecule has 0 saturated heterocycles. The van der Waals surface area contributed by atoms with E-state index in [0.29, 0.717) is 11.4 Å². The Labute approximate surface area is 108 Å². The Balaban J connectivity index is 2.03. The molecule has 0 heterocycles. The number of carbonyl (C=O) groups is 1. The van der Waals surface area contributed by atoms with Crippen molar-refractivity contribution in [2.24, 2.45) is 0 Å². The molecule has 0 radical (unpaired) electrons. The maximum absolute atomic E-state index is 11.8. The Morgan fingerprint density at radius 1 is 1.56 bits per heavy atom. The predicted octanol–water partition coefficient (Wildman–Crippen LogP) is 3.31. The lowest BCUT2D eigenvalue weighted by atomic mass is 10.1. The van der Waals surface area contributed by atoms with Crippen molar-refractivity contribution in [2.75, 3.05) is 0 Å². The fourth-order valence-electron chi connectivity index (χ4n) is 1.55. The number of rotatable bonds is 3. The number of halogens is 2. The van der Waals surface area contributed by atoms with Crippen LogP contribution in [-0.4, -0.2) is 11.4 Å². The van der Waals surface area contributed by atoms with Gasteiger partial charge < -0.3 is 5.32 Å². The molecule has 1 aromatic rings. The average molecular weight is 303 g/mol. The van der Waals surface area contributed by atoms with E-state index >= 15 is 0 Å². The Kier molecular flexibility index (Phi) is 3.27. The van der Waals surface area contributed by atoms with Gasteiger partial charge in [0.25, 0.3) is 0 Å². The summed E-state index contributed by atoms with van der Waals surface area (Å²) in [6.45, 7) is 2.07. The number of hydrogen-bond acceptors (Lipinski definition) is 1. The SMILES string of the molecule is CC1(NC(=O)Cc2cccc(Cl)c2Br)CC1. The third kappa shape index (κ3) is 2.77. The first-order valence-electron chi connectivity index (χ1n) is 5.24. The summed E-state index contributed by atoms with van der Waals surface area (Å²) in [6.07, 6.45) is 2.53. The van der Waals surface area contributed by atoms with E-state index in [9.17, 15) is 4.79 Å². The molecule has 0 spiro atoms. The number of benzene rings is 1. The van der Waals surface area contributed by atoms with Gasteiger partial charge in [-0.25, -0.2) is 0 Å². The first kappa shape index (κ1) is 11.9. The van der Waals surface area contributed by atoms with Crippen LogP contribution in [0, 0.1) is 0 Å². The van der Waals surface area contributed by atoms with Gasteiger partial charge in [0.2, 0.25) is 5.91 Å². The maximum atomic E-state index is 11.8.